The second-order valence-corrected chi connectivity index (χ2v) is 9.30. The fourth-order valence-electron chi connectivity index (χ4n) is 3.98. The van der Waals surface area contributed by atoms with E-state index >= 15 is 0 Å². The Morgan fingerprint density at radius 2 is 0.896 bits per heavy atom. The number of esters is 4. The molecule has 0 N–H and O–H groups in total. The number of Topliss-reactive ketones (excluding diaryl/α,β-unsaturated/α-hetero) is 2. The third-order valence-electron chi connectivity index (χ3n) is 6.31. The van der Waals surface area contributed by atoms with E-state index in [9.17, 15) is 28.8 Å². The maximum Gasteiger partial charge on any atom is 0.328 e. The third-order valence-corrected chi connectivity index (χ3v) is 6.31. The summed E-state index contributed by atoms with van der Waals surface area (Å²) in [5.41, 5.74) is 18.0. The van der Waals surface area contributed by atoms with Crippen LogP contribution in [0.15, 0.2) is 36.4 Å². The molecular formula is C30H32N6O12. The Hall–Kier alpha value is -6.38. The zero-order valence-electron chi connectivity index (χ0n) is 26.4. The summed E-state index contributed by atoms with van der Waals surface area (Å²) >= 11 is 0. The summed E-state index contributed by atoms with van der Waals surface area (Å²) in [4.78, 5) is 81.4. The third kappa shape index (κ3) is 11.2. The Labute approximate surface area is 273 Å². The predicted octanol–water partition coefficient (Wildman–Crippen LogP) is 0.416. The number of nitrogens with zero attached hydrogens (tertiary/aromatic N) is 6. The summed E-state index contributed by atoms with van der Waals surface area (Å²) in [6.07, 6.45) is 1.32. The van der Waals surface area contributed by atoms with Crippen LogP contribution < -0.4 is 19.3 Å². The van der Waals surface area contributed by atoms with Crippen molar-refractivity contribution in [2.45, 2.75) is 0 Å². The summed E-state index contributed by atoms with van der Waals surface area (Å²) in [6, 6.07) is 8.07. The van der Waals surface area contributed by atoms with Crippen LogP contribution in [0.25, 0.3) is 11.1 Å². The number of benzene rings is 2. The summed E-state index contributed by atoms with van der Waals surface area (Å²) in [5, 5.41) is 0. The molecule has 0 aliphatic carbocycles. The van der Waals surface area contributed by atoms with Crippen molar-refractivity contribution in [1.82, 2.24) is 0 Å². The van der Waals surface area contributed by atoms with Crippen molar-refractivity contribution in [2.24, 2.45) is 0 Å². The molecule has 0 heterocycles. The number of rotatable bonds is 19. The Morgan fingerprint density at radius 3 is 1.17 bits per heavy atom. The van der Waals surface area contributed by atoms with Gasteiger partial charge in [0.05, 0.1) is 39.8 Å². The van der Waals surface area contributed by atoms with Gasteiger partial charge in [0.2, 0.25) is 0 Å². The number of hydrogen-bond acceptors (Lipinski definition) is 14. The number of methoxy groups -OCH3 is 4. The second kappa shape index (κ2) is 19.2. The summed E-state index contributed by atoms with van der Waals surface area (Å²) < 4.78 is 30.7. The van der Waals surface area contributed by atoms with Crippen molar-refractivity contribution in [1.29, 1.82) is 0 Å². The molecule has 0 aliphatic rings. The maximum atomic E-state index is 12.4. The van der Waals surface area contributed by atoms with Crippen LogP contribution in [0.2, 0.25) is 0 Å². The molecule has 0 saturated heterocycles. The van der Waals surface area contributed by atoms with Gasteiger partial charge in [0.15, 0.2) is 0 Å². The lowest BCUT2D eigenvalue weighted by Crippen LogP contribution is -2.36. The van der Waals surface area contributed by atoms with Crippen molar-refractivity contribution in [3.63, 3.8) is 0 Å². The predicted molar refractivity (Wildman–Crippen MR) is 164 cm³/mol. The van der Waals surface area contributed by atoms with Crippen LogP contribution in [0.5, 0.6) is 11.5 Å². The Bertz CT molecular complexity index is 1480. The zero-order valence-corrected chi connectivity index (χ0v) is 26.4. The van der Waals surface area contributed by atoms with Gasteiger partial charge in [0.25, 0.3) is 11.6 Å². The quantitative estimate of drug-likeness (QED) is 0.0375. The van der Waals surface area contributed by atoms with Crippen LogP contribution in [0.4, 0.5) is 11.4 Å². The molecule has 0 bridgehead atoms. The van der Waals surface area contributed by atoms with E-state index < -0.39 is 61.6 Å². The van der Waals surface area contributed by atoms with E-state index in [1.807, 2.05) is 0 Å². The summed E-state index contributed by atoms with van der Waals surface area (Å²) in [7, 11) is 4.64. The highest BCUT2D eigenvalue weighted by atomic mass is 16.5. The molecule has 2 rings (SSSR count). The molecule has 0 amide bonds. The minimum absolute atomic E-state index is 0.00455. The van der Waals surface area contributed by atoms with Gasteiger partial charge in [-0.15, -0.1) is 0 Å². The van der Waals surface area contributed by atoms with Crippen molar-refractivity contribution < 1.29 is 66.8 Å². The Balaban J connectivity index is 2.49. The van der Waals surface area contributed by atoms with Crippen LogP contribution >= 0.6 is 0 Å². The normalized spacial score (nSPS) is 9.83. The van der Waals surface area contributed by atoms with E-state index in [0.29, 0.717) is 12.4 Å². The lowest BCUT2D eigenvalue weighted by atomic mass is 10.1. The van der Waals surface area contributed by atoms with Gasteiger partial charge in [-0.1, -0.05) is 0 Å². The number of carbonyl (C=O) groups is 6. The minimum atomic E-state index is -0.697. The number of anilines is 2. The van der Waals surface area contributed by atoms with Gasteiger partial charge in [-0.05, 0) is 36.4 Å². The largest absolute Gasteiger partial charge is 0.488 e. The van der Waals surface area contributed by atoms with E-state index in [4.69, 9.17) is 39.5 Å². The lowest BCUT2D eigenvalue weighted by Gasteiger charge is -2.26. The summed E-state index contributed by atoms with van der Waals surface area (Å²) in [5.74, 6) is -4.16. The molecule has 0 aromatic heterocycles. The van der Waals surface area contributed by atoms with Gasteiger partial charge in [-0.3, -0.25) is 28.8 Å². The van der Waals surface area contributed by atoms with Crippen molar-refractivity contribution in [2.75, 3.05) is 77.6 Å². The van der Waals surface area contributed by atoms with E-state index in [-0.39, 0.29) is 47.2 Å². The highest BCUT2D eigenvalue weighted by Gasteiger charge is 2.24. The van der Waals surface area contributed by atoms with Crippen LogP contribution in [-0.4, -0.2) is 125 Å². The SMILES string of the molecule is COC(=O)CN(CC(=O)OC)c1ccc(C(=O)C=[N+]=[N-])cc1OCCOc1cc(C(=O)C=[N+]=[N-])ccc1N(CC(=O)OC)CC(=O)OC. The first-order valence-corrected chi connectivity index (χ1v) is 13.8. The molecule has 0 saturated carbocycles. The molecule has 0 spiro atoms. The first kappa shape index (κ1) is 37.8. The van der Waals surface area contributed by atoms with Gasteiger partial charge in [0.1, 0.15) is 50.9 Å². The minimum Gasteiger partial charge on any atom is -0.488 e. The van der Waals surface area contributed by atoms with E-state index in [1.54, 1.807) is 0 Å². The Kier molecular flexibility index (Phi) is 15.1. The van der Waals surface area contributed by atoms with Crippen LogP contribution in [0, 0.1) is 0 Å². The number of hydrogen-bond donors (Lipinski definition) is 0. The van der Waals surface area contributed by atoms with Gasteiger partial charge in [-0.25, -0.2) is 0 Å². The molecule has 0 atom stereocenters. The highest BCUT2D eigenvalue weighted by molar-refractivity contribution is 6.34. The van der Waals surface area contributed by atoms with Gasteiger partial charge < -0.3 is 49.3 Å². The molecule has 0 aliphatic heterocycles. The molecule has 48 heavy (non-hydrogen) atoms. The van der Waals surface area contributed by atoms with E-state index in [0.717, 1.165) is 28.4 Å². The molecule has 0 unspecified atom stereocenters. The molecule has 0 fully saturated rings. The fraction of sp³-hybridized carbons (Fsp3) is 0.333. The zero-order chi connectivity index (χ0) is 35.6. The van der Waals surface area contributed by atoms with E-state index in [1.165, 1.54) is 46.2 Å². The van der Waals surface area contributed by atoms with Crippen LogP contribution in [0.3, 0.4) is 0 Å². The number of ketones is 2. The molecule has 2 aromatic carbocycles. The van der Waals surface area contributed by atoms with Crippen molar-refractivity contribution in [3.05, 3.63) is 58.6 Å². The lowest BCUT2D eigenvalue weighted by molar-refractivity contribution is -0.141. The fourth-order valence-corrected chi connectivity index (χ4v) is 3.98. The van der Waals surface area contributed by atoms with Gasteiger partial charge >= 0.3 is 36.3 Å². The smallest absolute Gasteiger partial charge is 0.328 e. The van der Waals surface area contributed by atoms with Crippen molar-refractivity contribution >= 4 is 59.2 Å². The molecule has 254 valence electrons. The highest BCUT2D eigenvalue weighted by Crippen LogP contribution is 2.32. The average molecular weight is 669 g/mol. The van der Waals surface area contributed by atoms with Crippen LogP contribution in [0.1, 0.15) is 20.7 Å². The Morgan fingerprint density at radius 1 is 0.583 bits per heavy atom. The number of ether oxygens (including phenoxy) is 6. The number of carbonyl (C=O) groups excluding carboxylic acids is 6. The standard InChI is InChI=1S/C30H32N6O12/c1-43-27(39)15-35(16-28(40)44-2)21-7-5-19(23(37)13-33-31)11-25(21)47-9-10-48-26-12-20(24(38)14-34-32)6-8-22(26)36(17-29(41)45-3)18-30(42)46-4/h5-8,11-14H,9-10,15-18H2,1-4H3. The monoisotopic (exact) mass is 668 g/mol. The molecule has 18 heteroatoms. The first-order valence-electron chi connectivity index (χ1n) is 13.8. The first-order chi connectivity index (χ1) is 23.0. The van der Waals surface area contributed by atoms with Crippen molar-refractivity contribution in [3.8, 4) is 11.5 Å². The molecule has 18 nitrogen and oxygen atoms in total. The average Bonchev–Trinajstić information content (AvgIpc) is 3.09. The van der Waals surface area contributed by atoms with Crippen LogP contribution in [-0.2, 0) is 38.1 Å². The topological polar surface area (TPSA) is 237 Å². The van der Waals surface area contributed by atoms with E-state index in [2.05, 4.69) is 9.58 Å². The second-order valence-electron chi connectivity index (χ2n) is 9.30. The summed E-state index contributed by atoms with van der Waals surface area (Å²) in [6.45, 7) is -2.09. The molecule has 0 radical (unpaired) electrons. The molecule has 2 aromatic rings. The van der Waals surface area contributed by atoms with Gasteiger partial charge in [-0.2, -0.15) is 9.58 Å². The maximum absolute atomic E-state index is 12.4. The van der Waals surface area contributed by atoms with Gasteiger partial charge in [0, 0.05) is 11.1 Å². The molecular weight excluding hydrogens is 636 g/mol.